The average molecular weight is 206 g/mol. The molecule has 1 rings (SSSR count). The van der Waals surface area contributed by atoms with Crippen LogP contribution in [-0.2, 0) is 10.0 Å². The molecule has 0 aromatic carbocycles. The number of pyridine rings is 1. The normalized spacial score (nSPS) is 11.2. The number of ether oxygens (including phenoxy) is 1. The molecule has 0 atom stereocenters. The predicted molar refractivity (Wildman–Crippen MR) is 42.2 cm³/mol. The molecule has 0 bridgehead atoms. The Bertz CT molecular complexity index is 393. The van der Waals surface area contributed by atoms with Gasteiger partial charge in [-0.1, -0.05) is 0 Å². The van der Waals surface area contributed by atoms with Crippen molar-refractivity contribution in [1.82, 2.24) is 4.98 Å². The van der Waals surface area contributed by atoms with E-state index in [0.29, 0.717) is 0 Å². The fourth-order valence-corrected chi connectivity index (χ4v) is 1.37. The van der Waals surface area contributed by atoms with Crippen LogP contribution in [0.5, 0.6) is 5.75 Å². The minimum absolute atomic E-state index is 0.187. The molecule has 0 fully saturated rings. The van der Waals surface area contributed by atoms with Gasteiger partial charge in [0.05, 0.1) is 0 Å². The van der Waals surface area contributed by atoms with Crippen LogP contribution in [0.1, 0.15) is 0 Å². The lowest BCUT2D eigenvalue weighted by Crippen LogP contribution is -2.15. The third kappa shape index (κ3) is 2.36. The quantitative estimate of drug-likeness (QED) is 0.756. The minimum atomic E-state index is -3.96. The molecule has 0 amide bonds. The first-order valence-electron chi connectivity index (χ1n) is 3.22. The van der Waals surface area contributed by atoms with Crippen LogP contribution in [0.3, 0.4) is 0 Å². The fraction of sp³-hybridized carbons (Fsp3) is 0.167. The van der Waals surface area contributed by atoms with E-state index in [9.17, 15) is 12.8 Å². The zero-order chi connectivity index (χ0) is 9.90. The van der Waals surface area contributed by atoms with Gasteiger partial charge in [0, 0.05) is 6.20 Å². The maximum absolute atomic E-state index is 11.8. The Labute approximate surface area is 74.4 Å². The molecule has 0 aliphatic rings. The molecule has 0 aliphatic carbocycles. The SMILES string of the molecule is NS(=O)(=O)c1ncccc1OCF. The smallest absolute Gasteiger partial charge is 0.259 e. The molecule has 0 saturated heterocycles. The summed E-state index contributed by atoms with van der Waals surface area (Å²) in [7, 11) is -3.96. The Balaban J connectivity index is 3.20. The van der Waals surface area contributed by atoms with Crippen LogP contribution in [-0.4, -0.2) is 20.3 Å². The van der Waals surface area contributed by atoms with Gasteiger partial charge in [0.1, 0.15) is 0 Å². The second-order valence-corrected chi connectivity index (χ2v) is 3.58. The van der Waals surface area contributed by atoms with E-state index in [1.54, 1.807) is 0 Å². The number of nitrogens with two attached hydrogens (primary N) is 1. The number of hydrogen-bond acceptors (Lipinski definition) is 4. The van der Waals surface area contributed by atoms with Crippen molar-refractivity contribution in [2.45, 2.75) is 5.03 Å². The van der Waals surface area contributed by atoms with E-state index < -0.39 is 21.9 Å². The summed E-state index contributed by atoms with van der Waals surface area (Å²) in [5.41, 5.74) is 0. The van der Waals surface area contributed by atoms with Gasteiger partial charge in [-0.05, 0) is 12.1 Å². The van der Waals surface area contributed by atoms with Gasteiger partial charge >= 0.3 is 0 Å². The van der Waals surface area contributed by atoms with E-state index in [-0.39, 0.29) is 5.75 Å². The Hall–Kier alpha value is -1.21. The molecular weight excluding hydrogens is 199 g/mol. The van der Waals surface area contributed by atoms with E-state index >= 15 is 0 Å². The van der Waals surface area contributed by atoms with Gasteiger partial charge in [-0.3, -0.25) is 0 Å². The molecule has 0 saturated carbocycles. The number of nitrogens with zero attached hydrogens (tertiary/aromatic N) is 1. The summed E-state index contributed by atoms with van der Waals surface area (Å²) < 4.78 is 37.8. The number of hydrogen-bond donors (Lipinski definition) is 1. The first-order chi connectivity index (χ1) is 6.05. The molecule has 72 valence electrons. The summed E-state index contributed by atoms with van der Waals surface area (Å²) >= 11 is 0. The number of halogens is 1. The largest absolute Gasteiger partial charge is 0.460 e. The van der Waals surface area contributed by atoms with Crippen LogP contribution < -0.4 is 9.88 Å². The zero-order valence-corrected chi connectivity index (χ0v) is 7.29. The Morgan fingerprint density at radius 2 is 2.31 bits per heavy atom. The van der Waals surface area contributed by atoms with Crippen LogP contribution in [0, 0.1) is 0 Å². The van der Waals surface area contributed by atoms with Crippen molar-refractivity contribution in [2.24, 2.45) is 5.14 Å². The van der Waals surface area contributed by atoms with Gasteiger partial charge < -0.3 is 4.74 Å². The highest BCUT2D eigenvalue weighted by Crippen LogP contribution is 2.18. The Morgan fingerprint density at radius 1 is 1.62 bits per heavy atom. The third-order valence-corrected chi connectivity index (χ3v) is 2.06. The van der Waals surface area contributed by atoms with Crippen LogP contribution in [0.15, 0.2) is 23.4 Å². The summed E-state index contributed by atoms with van der Waals surface area (Å²) in [5.74, 6) is -0.187. The number of sulfonamides is 1. The number of rotatable bonds is 3. The highest BCUT2D eigenvalue weighted by Gasteiger charge is 2.15. The number of aromatic nitrogens is 1. The van der Waals surface area contributed by atoms with Crippen molar-refractivity contribution < 1.29 is 17.5 Å². The van der Waals surface area contributed by atoms with Crippen molar-refractivity contribution >= 4 is 10.0 Å². The van der Waals surface area contributed by atoms with Gasteiger partial charge in [0.25, 0.3) is 10.0 Å². The molecule has 0 radical (unpaired) electrons. The zero-order valence-electron chi connectivity index (χ0n) is 6.47. The standard InChI is InChI=1S/C6H7FN2O3S/c7-4-12-5-2-1-3-9-6(5)13(8,10)11/h1-3H,4H2,(H2,8,10,11). The van der Waals surface area contributed by atoms with Crippen molar-refractivity contribution in [3.63, 3.8) is 0 Å². The van der Waals surface area contributed by atoms with Crippen LogP contribution >= 0.6 is 0 Å². The minimum Gasteiger partial charge on any atom is -0.460 e. The van der Waals surface area contributed by atoms with Crippen molar-refractivity contribution in [3.05, 3.63) is 18.3 Å². The molecule has 13 heavy (non-hydrogen) atoms. The molecule has 0 spiro atoms. The number of primary sulfonamides is 1. The lowest BCUT2D eigenvalue weighted by atomic mass is 10.5. The van der Waals surface area contributed by atoms with Gasteiger partial charge in [0.2, 0.25) is 11.9 Å². The van der Waals surface area contributed by atoms with Crippen LogP contribution in [0.2, 0.25) is 0 Å². The number of alkyl halides is 1. The monoisotopic (exact) mass is 206 g/mol. The van der Waals surface area contributed by atoms with Crippen LogP contribution in [0.25, 0.3) is 0 Å². The van der Waals surface area contributed by atoms with Gasteiger partial charge in [0.15, 0.2) is 5.75 Å². The lowest BCUT2D eigenvalue weighted by Gasteiger charge is -2.04. The molecule has 0 aliphatic heterocycles. The van der Waals surface area contributed by atoms with E-state index in [0.717, 1.165) is 0 Å². The second-order valence-electron chi connectivity index (χ2n) is 2.11. The lowest BCUT2D eigenvalue weighted by molar-refractivity contribution is 0.186. The van der Waals surface area contributed by atoms with Gasteiger partial charge in [-0.15, -0.1) is 0 Å². The van der Waals surface area contributed by atoms with E-state index in [4.69, 9.17) is 5.14 Å². The molecule has 0 unspecified atom stereocenters. The Morgan fingerprint density at radius 3 is 2.85 bits per heavy atom. The van der Waals surface area contributed by atoms with Gasteiger partial charge in [-0.25, -0.2) is 22.9 Å². The van der Waals surface area contributed by atoms with Crippen molar-refractivity contribution in [2.75, 3.05) is 6.86 Å². The maximum Gasteiger partial charge on any atom is 0.259 e. The fourth-order valence-electron chi connectivity index (χ4n) is 0.758. The summed E-state index contributed by atoms with van der Waals surface area (Å²) in [4.78, 5) is 3.46. The highest BCUT2D eigenvalue weighted by molar-refractivity contribution is 7.89. The Kier molecular flexibility index (Phi) is 2.79. The molecule has 2 N–H and O–H groups in total. The summed E-state index contributed by atoms with van der Waals surface area (Å²) in [5, 5.41) is 4.33. The molecular formula is C6H7FN2O3S. The first-order valence-corrected chi connectivity index (χ1v) is 4.77. The maximum atomic E-state index is 11.8. The predicted octanol–water partition coefficient (Wildman–Crippen LogP) is 0.0348. The van der Waals surface area contributed by atoms with Crippen molar-refractivity contribution in [3.8, 4) is 5.75 Å². The summed E-state index contributed by atoms with van der Waals surface area (Å²) in [6.07, 6.45) is 1.23. The summed E-state index contributed by atoms with van der Waals surface area (Å²) in [6, 6.07) is 2.69. The molecule has 1 aromatic rings. The first kappa shape index (κ1) is 9.87. The highest BCUT2D eigenvalue weighted by atomic mass is 32.2. The molecule has 1 aromatic heterocycles. The van der Waals surface area contributed by atoms with E-state index in [2.05, 4.69) is 9.72 Å². The molecule has 5 nitrogen and oxygen atoms in total. The van der Waals surface area contributed by atoms with E-state index in [1.165, 1.54) is 18.3 Å². The topological polar surface area (TPSA) is 82.3 Å². The van der Waals surface area contributed by atoms with E-state index in [1.807, 2.05) is 0 Å². The summed E-state index contributed by atoms with van der Waals surface area (Å²) in [6.45, 7) is -1.13. The second kappa shape index (κ2) is 3.67. The molecule has 7 heteroatoms. The molecule has 1 heterocycles. The van der Waals surface area contributed by atoms with Crippen LogP contribution in [0.4, 0.5) is 4.39 Å². The average Bonchev–Trinajstić information content (AvgIpc) is 2.04. The van der Waals surface area contributed by atoms with Gasteiger partial charge in [-0.2, -0.15) is 0 Å². The third-order valence-electron chi connectivity index (χ3n) is 1.22. The van der Waals surface area contributed by atoms with Crippen molar-refractivity contribution in [1.29, 1.82) is 0 Å².